The summed E-state index contributed by atoms with van der Waals surface area (Å²) in [5.74, 6) is 2.16. The van der Waals surface area contributed by atoms with Gasteiger partial charge in [-0.2, -0.15) is 11.8 Å². The molecule has 4 nitrogen and oxygen atoms in total. The minimum atomic E-state index is -0.182. The Morgan fingerprint density at radius 2 is 2.00 bits per heavy atom. The Morgan fingerprint density at radius 3 is 2.56 bits per heavy atom. The number of allylic oxidation sites excluding steroid dienone is 1. The van der Waals surface area contributed by atoms with Crippen molar-refractivity contribution in [2.75, 3.05) is 31.3 Å². The Kier molecular flexibility index (Phi) is 11.0. The zero-order chi connectivity index (χ0) is 13.8. The van der Waals surface area contributed by atoms with Crippen molar-refractivity contribution in [1.82, 2.24) is 0 Å². The smallest absolute Gasteiger partial charge is 0.305 e. The van der Waals surface area contributed by atoms with Gasteiger partial charge in [0.15, 0.2) is 0 Å². The highest BCUT2D eigenvalue weighted by Crippen LogP contribution is 2.22. The number of carbonyl (C=O) groups excluding carboxylic acids is 1. The van der Waals surface area contributed by atoms with Crippen LogP contribution in [0.5, 0.6) is 0 Å². The van der Waals surface area contributed by atoms with E-state index in [1.807, 2.05) is 6.92 Å². The molecule has 0 aliphatic rings. The van der Waals surface area contributed by atoms with Crippen molar-refractivity contribution in [3.8, 4) is 0 Å². The van der Waals surface area contributed by atoms with Crippen LogP contribution in [0, 0.1) is 5.92 Å². The fraction of sp³-hybridized carbons (Fsp3) is 0.769. The van der Waals surface area contributed by atoms with E-state index >= 15 is 0 Å². The van der Waals surface area contributed by atoms with Gasteiger partial charge in [-0.05, 0) is 20.3 Å². The van der Waals surface area contributed by atoms with E-state index in [-0.39, 0.29) is 18.5 Å². The van der Waals surface area contributed by atoms with Crippen molar-refractivity contribution in [1.29, 1.82) is 0 Å². The van der Waals surface area contributed by atoms with Gasteiger partial charge in [0.25, 0.3) is 0 Å². The average molecular weight is 276 g/mol. The Hall–Kier alpha value is -0.680. The molecule has 106 valence electrons. The van der Waals surface area contributed by atoms with E-state index < -0.39 is 0 Å². The van der Waals surface area contributed by atoms with E-state index in [9.17, 15) is 4.79 Å². The van der Waals surface area contributed by atoms with Crippen LogP contribution in [0.3, 0.4) is 0 Å². The highest BCUT2D eigenvalue weighted by Gasteiger charge is 2.16. The molecule has 0 fully saturated rings. The van der Waals surface area contributed by atoms with E-state index in [0.29, 0.717) is 37.6 Å². The van der Waals surface area contributed by atoms with Gasteiger partial charge in [0.2, 0.25) is 0 Å². The van der Waals surface area contributed by atoms with Crippen LogP contribution in [-0.4, -0.2) is 42.4 Å². The molecule has 0 spiro atoms. The van der Waals surface area contributed by atoms with E-state index in [1.165, 1.54) is 0 Å². The lowest BCUT2D eigenvalue weighted by atomic mass is 10.0. The quantitative estimate of drug-likeness (QED) is 0.356. The van der Waals surface area contributed by atoms with E-state index in [4.69, 9.17) is 14.6 Å². The Balaban J connectivity index is 4.10. The number of rotatable bonds is 11. The van der Waals surface area contributed by atoms with Gasteiger partial charge in [0, 0.05) is 23.8 Å². The molecule has 0 aromatic rings. The Morgan fingerprint density at radius 1 is 1.33 bits per heavy atom. The third-order valence-corrected chi connectivity index (χ3v) is 3.45. The van der Waals surface area contributed by atoms with Gasteiger partial charge in [-0.15, -0.1) is 0 Å². The van der Waals surface area contributed by atoms with E-state index in [2.05, 4.69) is 6.58 Å². The fourth-order valence-electron chi connectivity index (χ4n) is 1.46. The molecule has 0 bridgehead atoms. The maximum Gasteiger partial charge on any atom is 0.305 e. The van der Waals surface area contributed by atoms with Gasteiger partial charge in [-0.1, -0.05) is 6.58 Å². The summed E-state index contributed by atoms with van der Waals surface area (Å²) in [7, 11) is 0. The minimum Gasteiger partial charge on any atom is -0.499 e. The van der Waals surface area contributed by atoms with Crippen LogP contribution in [-0.2, 0) is 14.3 Å². The van der Waals surface area contributed by atoms with Gasteiger partial charge in [0.05, 0.1) is 25.6 Å². The van der Waals surface area contributed by atoms with Crippen molar-refractivity contribution >= 4 is 17.7 Å². The molecule has 0 amide bonds. The first-order valence-corrected chi connectivity index (χ1v) is 7.46. The Bertz CT molecular complexity index is 243. The SMILES string of the molecule is C=C(OCC)C(CCC(=O)OCC)CSCCO. The van der Waals surface area contributed by atoms with E-state index in [1.54, 1.807) is 18.7 Å². The number of aliphatic hydroxyl groups excluding tert-OH is 1. The summed E-state index contributed by atoms with van der Waals surface area (Å²) in [4.78, 5) is 11.3. The second-order valence-electron chi connectivity index (χ2n) is 3.74. The average Bonchev–Trinajstić information content (AvgIpc) is 2.34. The molecule has 1 N–H and O–H groups in total. The molecule has 5 heteroatoms. The third kappa shape index (κ3) is 8.42. The lowest BCUT2D eigenvalue weighted by Crippen LogP contribution is -2.14. The molecule has 0 rings (SSSR count). The maximum atomic E-state index is 11.3. The number of hydrogen-bond acceptors (Lipinski definition) is 5. The zero-order valence-corrected chi connectivity index (χ0v) is 12.1. The molecule has 0 aliphatic carbocycles. The van der Waals surface area contributed by atoms with Crippen LogP contribution < -0.4 is 0 Å². The van der Waals surface area contributed by atoms with Crippen LogP contribution >= 0.6 is 11.8 Å². The lowest BCUT2D eigenvalue weighted by molar-refractivity contribution is -0.143. The molecule has 1 atom stereocenters. The number of thioether (sulfide) groups is 1. The highest BCUT2D eigenvalue weighted by molar-refractivity contribution is 7.99. The molecule has 18 heavy (non-hydrogen) atoms. The number of esters is 1. The van der Waals surface area contributed by atoms with Crippen molar-refractivity contribution in [3.63, 3.8) is 0 Å². The molecule has 0 aromatic carbocycles. The topological polar surface area (TPSA) is 55.8 Å². The van der Waals surface area contributed by atoms with Gasteiger partial charge in [-0.25, -0.2) is 0 Å². The molecular formula is C13H24O4S. The van der Waals surface area contributed by atoms with Crippen LogP contribution in [0.1, 0.15) is 26.7 Å². The van der Waals surface area contributed by atoms with Crippen molar-refractivity contribution in [2.45, 2.75) is 26.7 Å². The predicted molar refractivity (Wildman–Crippen MR) is 74.5 cm³/mol. The molecule has 0 heterocycles. The third-order valence-electron chi connectivity index (χ3n) is 2.34. The molecule has 0 saturated heterocycles. The molecule has 0 aromatic heterocycles. The zero-order valence-electron chi connectivity index (χ0n) is 11.3. The van der Waals surface area contributed by atoms with Gasteiger partial charge >= 0.3 is 5.97 Å². The first kappa shape index (κ1) is 17.3. The number of hydrogen-bond donors (Lipinski definition) is 1. The predicted octanol–water partition coefficient (Wildman–Crippen LogP) is 2.22. The summed E-state index contributed by atoms with van der Waals surface area (Å²) in [6.07, 6.45) is 1.06. The van der Waals surface area contributed by atoms with Crippen molar-refractivity contribution < 1.29 is 19.4 Å². The van der Waals surface area contributed by atoms with Crippen LogP contribution in [0.25, 0.3) is 0 Å². The molecule has 0 aliphatic heterocycles. The van der Waals surface area contributed by atoms with Crippen molar-refractivity contribution in [3.05, 3.63) is 12.3 Å². The normalized spacial score (nSPS) is 11.9. The standard InChI is InChI=1S/C13H24O4S/c1-4-16-11(3)12(10-18-9-8-14)6-7-13(15)17-5-2/h12,14H,3-10H2,1-2H3. The van der Waals surface area contributed by atoms with E-state index in [0.717, 1.165) is 5.75 Å². The molecule has 1 unspecified atom stereocenters. The summed E-state index contributed by atoms with van der Waals surface area (Å²) in [5.41, 5.74) is 0. The first-order chi connectivity index (χ1) is 8.65. The van der Waals surface area contributed by atoms with Gasteiger partial charge in [-0.3, -0.25) is 4.79 Å². The summed E-state index contributed by atoms with van der Waals surface area (Å²) >= 11 is 1.64. The first-order valence-electron chi connectivity index (χ1n) is 6.31. The number of carbonyl (C=O) groups is 1. The van der Waals surface area contributed by atoms with Gasteiger partial charge < -0.3 is 14.6 Å². The van der Waals surface area contributed by atoms with Crippen LogP contribution in [0.2, 0.25) is 0 Å². The summed E-state index contributed by atoms with van der Waals surface area (Å²) in [6.45, 7) is 8.76. The van der Waals surface area contributed by atoms with Gasteiger partial charge in [0.1, 0.15) is 0 Å². The molecular weight excluding hydrogens is 252 g/mol. The van der Waals surface area contributed by atoms with Crippen LogP contribution in [0.4, 0.5) is 0 Å². The second-order valence-corrected chi connectivity index (χ2v) is 4.89. The highest BCUT2D eigenvalue weighted by atomic mass is 32.2. The minimum absolute atomic E-state index is 0.130. The lowest BCUT2D eigenvalue weighted by Gasteiger charge is -2.18. The molecule has 0 saturated carbocycles. The van der Waals surface area contributed by atoms with Crippen LogP contribution in [0.15, 0.2) is 12.3 Å². The monoisotopic (exact) mass is 276 g/mol. The largest absolute Gasteiger partial charge is 0.499 e. The second kappa shape index (κ2) is 11.4. The number of ether oxygens (including phenoxy) is 2. The maximum absolute atomic E-state index is 11.3. The Labute approximate surface area is 114 Å². The summed E-state index contributed by atoms with van der Waals surface area (Å²) < 4.78 is 10.3. The molecule has 0 radical (unpaired) electrons. The van der Waals surface area contributed by atoms with Crippen molar-refractivity contribution in [2.24, 2.45) is 5.92 Å². The summed E-state index contributed by atoms with van der Waals surface area (Å²) in [5, 5.41) is 8.76. The number of aliphatic hydroxyl groups is 1. The summed E-state index contributed by atoms with van der Waals surface area (Å²) in [6, 6.07) is 0. The fourth-order valence-corrected chi connectivity index (χ4v) is 2.39.